The van der Waals surface area contributed by atoms with Crippen LogP contribution < -0.4 is 10.5 Å². The van der Waals surface area contributed by atoms with E-state index < -0.39 is 23.9 Å². The average Bonchev–Trinajstić information content (AvgIpc) is 3.45. The number of aliphatic hydroxyl groups is 1. The quantitative estimate of drug-likeness (QED) is 0.192. The van der Waals surface area contributed by atoms with E-state index in [0.717, 1.165) is 11.6 Å². The third-order valence-corrected chi connectivity index (χ3v) is 6.45. The van der Waals surface area contributed by atoms with Crippen LogP contribution in [0.25, 0.3) is 11.4 Å². The Bertz CT molecular complexity index is 1260. The molecular formula is C23H23Cl3F3N5O3. The van der Waals surface area contributed by atoms with Crippen molar-refractivity contribution in [3.8, 4) is 17.1 Å². The molecule has 0 aliphatic carbocycles. The number of halogens is 6. The lowest BCUT2D eigenvalue weighted by Gasteiger charge is -2.20. The maximum Gasteiger partial charge on any atom is 0.419 e. The van der Waals surface area contributed by atoms with Gasteiger partial charge in [-0.05, 0) is 48.7 Å². The predicted octanol–water partition coefficient (Wildman–Crippen LogP) is 5.50. The lowest BCUT2D eigenvalue weighted by molar-refractivity contribution is -0.138. The summed E-state index contributed by atoms with van der Waals surface area (Å²) in [4.78, 5) is 5.58. The van der Waals surface area contributed by atoms with Gasteiger partial charge in [-0.2, -0.15) is 18.2 Å². The Hall–Kier alpha value is -2.73. The Kier molecular flexibility index (Phi) is 9.17. The van der Waals surface area contributed by atoms with E-state index in [0.29, 0.717) is 22.9 Å². The van der Waals surface area contributed by atoms with E-state index in [-0.39, 0.29) is 61.0 Å². The zero-order valence-corrected chi connectivity index (χ0v) is 21.5. The minimum Gasteiger partial charge on any atom is -0.493 e. The molecule has 8 nitrogen and oxygen atoms in total. The summed E-state index contributed by atoms with van der Waals surface area (Å²) >= 11 is 11.9. The second kappa shape index (κ2) is 11.8. The first-order valence-electron chi connectivity index (χ1n) is 10.9. The topological polar surface area (TPSA) is 121 Å². The molecule has 200 valence electrons. The first-order chi connectivity index (χ1) is 17.0. The Morgan fingerprint density at radius 3 is 2.65 bits per heavy atom. The number of nitrogens with zero attached hydrogens (tertiary/aromatic N) is 3. The summed E-state index contributed by atoms with van der Waals surface area (Å²) in [5.41, 5.74) is 5.54. The average molecular weight is 581 g/mol. The Morgan fingerprint density at radius 1 is 1.22 bits per heavy atom. The summed E-state index contributed by atoms with van der Waals surface area (Å²) in [6, 6.07) is 8.05. The van der Waals surface area contributed by atoms with Crippen LogP contribution >= 0.6 is 35.6 Å². The van der Waals surface area contributed by atoms with Crippen molar-refractivity contribution in [2.75, 3.05) is 13.2 Å². The van der Waals surface area contributed by atoms with Crippen LogP contribution in [0.3, 0.4) is 0 Å². The molecule has 1 aliphatic heterocycles. The Morgan fingerprint density at radius 2 is 1.97 bits per heavy atom. The van der Waals surface area contributed by atoms with Crippen molar-refractivity contribution >= 4 is 41.6 Å². The number of aromatic nitrogens is 2. The van der Waals surface area contributed by atoms with Crippen molar-refractivity contribution in [2.45, 2.75) is 37.6 Å². The standard InChI is InChI=1S/C23H22Cl2F3N5O3.ClH/c24-16-5-3-12(8-17(16)25)2-1-7-35-19-6-4-13(9-15(19)23(26,27)28)20-31-21(36-32-20)18-10-14(34)11-33(18)22(29)30;/h3-6,8-9,14,18,34H,1-2,7,10-11H2,(H3,29,30);1H/t14-,18+;/m1./s1. The molecule has 1 saturated heterocycles. The van der Waals surface area contributed by atoms with Gasteiger partial charge in [0.2, 0.25) is 11.7 Å². The van der Waals surface area contributed by atoms with E-state index in [4.69, 9.17) is 43.6 Å². The van der Waals surface area contributed by atoms with Gasteiger partial charge in [-0.1, -0.05) is 34.4 Å². The van der Waals surface area contributed by atoms with E-state index in [1.54, 1.807) is 18.2 Å². The number of alkyl halides is 3. The number of aryl methyl sites for hydroxylation is 1. The number of nitrogens with one attached hydrogen (secondary N) is 1. The number of benzene rings is 2. The fraction of sp³-hybridized carbons (Fsp3) is 0.348. The summed E-state index contributed by atoms with van der Waals surface area (Å²) in [5.74, 6) is -0.610. The second-order valence-corrected chi connectivity index (χ2v) is 9.12. The van der Waals surface area contributed by atoms with Gasteiger partial charge in [0.05, 0.1) is 28.3 Å². The maximum absolute atomic E-state index is 13.8. The molecule has 4 rings (SSSR count). The van der Waals surface area contributed by atoms with Crippen LogP contribution in [0, 0.1) is 5.41 Å². The van der Waals surface area contributed by atoms with Gasteiger partial charge in [-0.3, -0.25) is 5.41 Å². The number of hydrogen-bond donors (Lipinski definition) is 3. The van der Waals surface area contributed by atoms with E-state index >= 15 is 0 Å². The largest absolute Gasteiger partial charge is 0.493 e. The fourth-order valence-corrected chi connectivity index (χ4v) is 4.29. The summed E-state index contributed by atoms with van der Waals surface area (Å²) in [5, 5.41) is 22.2. The molecule has 0 amide bonds. The first kappa shape index (κ1) is 28.8. The third kappa shape index (κ3) is 6.78. The molecule has 14 heteroatoms. The van der Waals surface area contributed by atoms with Gasteiger partial charge >= 0.3 is 6.18 Å². The molecule has 1 aromatic heterocycles. The minimum absolute atomic E-state index is 0. The number of hydrogen-bond acceptors (Lipinski definition) is 6. The zero-order valence-electron chi connectivity index (χ0n) is 19.1. The van der Waals surface area contributed by atoms with Crippen LogP contribution in [0.2, 0.25) is 10.0 Å². The Labute approximate surface area is 226 Å². The number of rotatable bonds is 7. The molecule has 0 bridgehead atoms. The summed E-state index contributed by atoms with van der Waals surface area (Å²) in [7, 11) is 0. The molecule has 37 heavy (non-hydrogen) atoms. The number of ether oxygens (including phenoxy) is 1. The highest BCUT2D eigenvalue weighted by atomic mass is 35.5. The van der Waals surface area contributed by atoms with Crippen LogP contribution in [-0.2, 0) is 12.6 Å². The Balaban J connectivity index is 0.00000380. The monoisotopic (exact) mass is 579 g/mol. The van der Waals surface area contributed by atoms with Crippen LogP contribution in [0.1, 0.15) is 35.9 Å². The van der Waals surface area contributed by atoms with Crippen molar-refractivity contribution in [3.63, 3.8) is 0 Å². The highest BCUT2D eigenvalue weighted by Gasteiger charge is 2.38. The lowest BCUT2D eigenvalue weighted by atomic mass is 10.1. The predicted molar refractivity (Wildman–Crippen MR) is 134 cm³/mol. The molecule has 2 heterocycles. The van der Waals surface area contributed by atoms with E-state index in [1.807, 2.05) is 0 Å². The van der Waals surface area contributed by atoms with Crippen molar-refractivity contribution in [3.05, 3.63) is 63.5 Å². The molecule has 1 aliphatic rings. The van der Waals surface area contributed by atoms with Crippen molar-refractivity contribution in [1.29, 1.82) is 5.41 Å². The van der Waals surface area contributed by atoms with Crippen LogP contribution in [0.15, 0.2) is 40.9 Å². The van der Waals surface area contributed by atoms with Gasteiger partial charge in [0.15, 0.2) is 5.96 Å². The second-order valence-electron chi connectivity index (χ2n) is 8.31. The van der Waals surface area contributed by atoms with Crippen LogP contribution in [0.5, 0.6) is 5.75 Å². The fourth-order valence-electron chi connectivity index (χ4n) is 3.97. The molecule has 1 fully saturated rings. The van der Waals surface area contributed by atoms with Crippen molar-refractivity contribution in [2.24, 2.45) is 5.73 Å². The minimum atomic E-state index is -4.68. The van der Waals surface area contributed by atoms with Gasteiger partial charge in [0.25, 0.3) is 0 Å². The van der Waals surface area contributed by atoms with Gasteiger partial charge in [0.1, 0.15) is 11.8 Å². The molecule has 4 N–H and O–H groups in total. The molecule has 0 spiro atoms. The molecule has 2 atom stereocenters. The number of aliphatic hydroxyl groups excluding tert-OH is 1. The number of nitrogens with two attached hydrogens (primary N) is 1. The smallest absolute Gasteiger partial charge is 0.419 e. The maximum atomic E-state index is 13.8. The summed E-state index contributed by atoms with van der Waals surface area (Å²) in [6.45, 7) is 0.174. The van der Waals surface area contributed by atoms with Gasteiger partial charge in [-0.25, -0.2) is 0 Å². The van der Waals surface area contributed by atoms with Crippen LogP contribution in [0.4, 0.5) is 13.2 Å². The molecule has 0 radical (unpaired) electrons. The number of guanidine groups is 1. The van der Waals surface area contributed by atoms with Crippen LogP contribution in [-0.4, -0.2) is 45.4 Å². The zero-order chi connectivity index (χ0) is 26.0. The number of β-amino-alcohol motifs (C(OH)–C–C–N with tert-alkyl or cyclic N) is 1. The van der Waals surface area contributed by atoms with Crippen molar-refractivity contribution in [1.82, 2.24) is 15.0 Å². The third-order valence-electron chi connectivity index (χ3n) is 5.71. The van der Waals surface area contributed by atoms with Gasteiger partial charge in [-0.15, -0.1) is 12.4 Å². The highest BCUT2D eigenvalue weighted by Crippen LogP contribution is 2.39. The molecular weight excluding hydrogens is 558 g/mol. The van der Waals surface area contributed by atoms with E-state index in [9.17, 15) is 18.3 Å². The normalized spacial score (nSPS) is 17.5. The molecule has 3 aromatic rings. The summed E-state index contributed by atoms with van der Waals surface area (Å²) < 4.78 is 52.1. The molecule has 0 unspecified atom stereocenters. The molecule has 2 aromatic carbocycles. The van der Waals surface area contributed by atoms with Crippen molar-refractivity contribution < 1.29 is 27.5 Å². The number of likely N-dealkylation sites (tertiary alicyclic amines) is 1. The summed E-state index contributed by atoms with van der Waals surface area (Å²) in [6.07, 6.45) is -4.22. The molecule has 0 saturated carbocycles. The lowest BCUT2D eigenvalue weighted by Crippen LogP contribution is -2.36. The highest BCUT2D eigenvalue weighted by molar-refractivity contribution is 6.42. The van der Waals surface area contributed by atoms with Gasteiger partial charge < -0.3 is 25.0 Å². The SMILES string of the molecule is Cl.N=C(N)N1C[C@H](O)C[C@H]1c1nc(-c2ccc(OCCCc3ccc(Cl)c(Cl)c3)c(C(F)(F)F)c2)no1. The van der Waals surface area contributed by atoms with Gasteiger partial charge in [0, 0.05) is 18.5 Å². The van der Waals surface area contributed by atoms with E-state index in [1.165, 1.54) is 17.0 Å². The van der Waals surface area contributed by atoms with E-state index in [2.05, 4.69) is 10.1 Å². The first-order valence-corrected chi connectivity index (χ1v) is 11.7.